The maximum atomic E-state index is 5.32. The fraction of sp³-hybridized carbons (Fsp3) is 0. The molecule has 0 unspecified atom stereocenters. The van der Waals surface area contributed by atoms with Crippen LogP contribution in [-0.2, 0) is 0 Å². The first kappa shape index (κ1) is 32.2. The van der Waals surface area contributed by atoms with Gasteiger partial charge in [0.1, 0.15) is 5.01 Å². The van der Waals surface area contributed by atoms with Crippen molar-refractivity contribution in [2.24, 2.45) is 0 Å². The van der Waals surface area contributed by atoms with Gasteiger partial charge in [-0.1, -0.05) is 140 Å². The monoisotopic (exact) mass is 697 g/mol. The van der Waals surface area contributed by atoms with Gasteiger partial charge in [-0.25, -0.2) is 4.98 Å². The van der Waals surface area contributed by atoms with Crippen molar-refractivity contribution in [2.45, 2.75) is 0 Å². The molecule has 0 aliphatic carbocycles. The average Bonchev–Trinajstić information content (AvgIpc) is 3.69. The van der Waals surface area contributed by atoms with Crippen LogP contribution in [0.4, 0.5) is 34.1 Å². The quantitative estimate of drug-likeness (QED) is 0.150. The molecule has 0 amide bonds. The van der Waals surface area contributed by atoms with Gasteiger partial charge in [-0.2, -0.15) is 0 Å². The van der Waals surface area contributed by atoms with Crippen LogP contribution in [0.2, 0.25) is 0 Å². The van der Waals surface area contributed by atoms with Crippen LogP contribution in [0.15, 0.2) is 212 Å². The highest BCUT2D eigenvalue weighted by Crippen LogP contribution is 2.43. The normalized spacial score (nSPS) is 11.0. The minimum absolute atomic E-state index is 1.02. The Morgan fingerprint density at radius 3 is 1.06 bits per heavy atom. The van der Waals surface area contributed by atoms with Crippen LogP contribution in [-0.4, -0.2) is 4.98 Å². The molecule has 0 fully saturated rings. The number of thiazole rings is 1. The Bertz CT molecular complexity index is 2330. The van der Waals surface area contributed by atoms with E-state index in [1.165, 1.54) is 10.3 Å². The molecule has 1 heterocycles. The Labute approximate surface area is 314 Å². The highest BCUT2D eigenvalue weighted by Gasteiger charge is 2.18. The average molecular weight is 698 g/mol. The smallest absolute Gasteiger partial charge is 0.124 e. The number of benzene rings is 8. The number of hydrogen-bond acceptors (Lipinski definition) is 4. The van der Waals surface area contributed by atoms with E-state index < -0.39 is 0 Å². The predicted octanol–water partition coefficient (Wildman–Crippen LogP) is 14.2. The Morgan fingerprint density at radius 1 is 0.302 bits per heavy atom. The minimum Gasteiger partial charge on any atom is -0.311 e. The summed E-state index contributed by atoms with van der Waals surface area (Å²) in [5.74, 6) is 0. The molecular formula is C49H35N3S. The van der Waals surface area contributed by atoms with E-state index in [4.69, 9.17) is 4.98 Å². The van der Waals surface area contributed by atoms with Gasteiger partial charge < -0.3 is 9.80 Å². The second-order valence-corrected chi connectivity index (χ2v) is 13.8. The minimum atomic E-state index is 1.02. The number of nitrogens with zero attached hydrogens (tertiary/aromatic N) is 3. The van der Waals surface area contributed by atoms with Crippen molar-refractivity contribution in [3.63, 3.8) is 0 Å². The van der Waals surface area contributed by atoms with Crippen LogP contribution in [0.5, 0.6) is 0 Å². The summed E-state index contributed by atoms with van der Waals surface area (Å²) in [5, 5.41) is 1.02. The molecule has 53 heavy (non-hydrogen) atoms. The molecule has 0 spiro atoms. The Hall–Kier alpha value is -6.75. The van der Waals surface area contributed by atoms with Crippen LogP contribution >= 0.6 is 11.3 Å². The number of para-hydroxylation sites is 4. The maximum absolute atomic E-state index is 5.32. The van der Waals surface area contributed by atoms with Crippen LogP contribution in [0, 0.1) is 0 Å². The number of aromatic nitrogens is 1. The SMILES string of the molecule is c1ccc(-c2nc3c(-c4ccc(N(c5ccccc5)c5ccccc5)cc4)ccc(-c4ccc(N(c5ccccc5)c5ccccc5)cc4)c3s2)cc1. The summed E-state index contributed by atoms with van der Waals surface area (Å²) < 4.78 is 1.18. The Morgan fingerprint density at radius 2 is 0.642 bits per heavy atom. The van der Waals surface area contributed by atoms with Gasteiger partial charge in [-0.15, -0.1) is 11.3 Å². The summed E-state index contributed by atoms with van der Waals surface area (Å²) in [6.07, 6.45) is 0. The zero-order valence-corrected chi connectivity index (χ0v) is 29.8. The van der Waals surface area contributed by atoms with Gasteiger partial charge in [-0.05, 0) is 83.9 Å². The number of fused-ring (bicyclic) bond motifs is 1. The molecule has 252 valence electrons. The number of rotatable bonds is 9. The van der Waals surface area contributed by atoms with Crippen molar-refractivity contribution in [1.82, 2.24) is 4.98 Å². The van der Waals surface area contributed by atoms with Crippen molar-refractivity contribution in [3.8, 4) is 32.8 Å². The molecule has 0 saturated carbocycles. The third-order valence-corrected chi connectivity index (χ3v) is 10.6. The van der Waals surface area contributed by atoms with Crippen LogP contribution in [0.3, 0.4) is 0 Å². The summed E-state index contributed by atoms with van der Waals surface area (Å²) in [6.45, 7) is 0. The van der Waals surface area contributed by atoms with Crippen molar-refractivity contribution >= 4 is 55.7 Å². The molecule has 9 aromatic rings. The molecule has 3 nitrogen and oxygen atoms in total. The van der Waals surface area contributed by atoms with Crippen LogP contribution in [0.1, 0.15) is 0 Å². The standard InChI is InChI=1S/C49H35N3S/c1-6-16-38(17-7-1)49-50-47-45(36-26-30-43(31-27-36)51(39-18-8-2-9-19-39)40-20-10-3-11-21-40)34-35-46(48(47)53-49)37-28-32-44(33-29-37)52(41-22-12-4-13-23-41)42-24-14-5-15-25-42/h1-35H. The highest BCUT2D eigenvalue weighted by atomic mass is 32.1. The van der Waals surface area contributed by atoms with E-state index in [1.54, 1.807) is 11.3 Å². The first-order valence-corrected chi connectivity index (χ1v) is 18.6. The zero-order valence-electron chi connectivity index (χ0n) is 29.0. The van der Waals surface area contributed by atoms with Gasteiger partial charge in [-0.3, -0.25) is 0 Å². The number of anilines is 6. The molecule has 0 bridgehead atoms. The number of hydrogen-bond donors (Lipinski definition) is 0. The van der Waals surface area contributed by atoms with Gasteiger partial charge >= 0.3 is 0 Å². The summed E-state index contributed by atoms with van der Waals surface area (Å²) in [4.78, 5) is 9.91. The lowest BCUT2D eigenvalue weighted by atomic mass is 9.98. The van der Waals surface area contributed by atoms with Crippen LogP contribution in [0.25, 0.3) is 43.0 Å². The van der Waals surface area contributed by atoms with Crippen molar-refractivity contribution in [2.75, 3.05) is 9.80 Å². The van der Waals surface area contributed by atoms with E-state index >= 15 is 0 Å². The fourth-order valence-corrected chi connectivity index (χ4v) is 8.09. The third kappa shape index (κ3) is 6.48. The second kappa shape index (κ2) is 14.5. The van der Waals surface area contributed by atoms with Gasteiger partial charge in [0.25, 0.3) is 0 Å². The van der Waals surface area contributed by atoms with Crippen molar-refractivity contribution in [3.05, 3.63) is 212 Å². The largest absolute Gasteiger partial charge is 0.311 e. The second-order valence-electron chi connectivity index (χ2n) is 12.8. The van der Waals surface area contributed by atoms with Crippen LogP contribution < -0.4 is 9.80 Å². The van der Waals surface area contributed by atoms with Crippen molar-refractivity contribution < 1.29 is 0 Å². The molecule has 8 aromatic carbocycles. The summed E-state index contributed by atoms with van der Waals surface area (Å²) in [7, 11) is 0. The summed E-state index contributed by atoms with van der Waals surface area (Å²) >= 11 is 1.76. The Kier molecular flexibility index (Phi) is 8.79. The van der Waals surface area contributed by atoms with E-state index in [1.807, 2.05) is 0 Å². The molecule has 1 aromatic heterocycles. The summed E-state index contributed by atoms with van der Waals surface area (Å²) in [5.41, 5.74) is 13.4. The molecule has 0 aliphatic rings. The third-order valence-electron chi connectivity index (χ3n) is 9.49. The van der Waals surface area contributed by atoms with Gasteiger partial charge in [0.2, 0.25) is 0 Å². The molecule has 0 saturated heterocycles. The lowest BCUT2D eigenvalue weighted by Crippen LogP contribution is -2.09. The van der Waals surface area contributed by atoms with E-state index in [2.05, 4.69) is 222 Å². The predicted molar refractivity (Wildman–Crippen MR) is 225 cm³/mol. The maximum Gasteiger partial charge on any atom is 0.124 e. The molecular weight excluding hydrogens is 663 g/mol. The molecule has 0 aliphatic heterocycles. The molecule has 4 heteroatoms. The first-order chi connectivity index (χ1) is 26.3. The van der Waals surface area contributed by atoms with Gasteiger partial charge in [0.05, 0.1) is 10.2 Å². The van der Waals surface area contributed by atoms with E-state index in [9.17, 15) is 0 Å². The van der Waals surface area contributed by atoms with Gasteiger partial charge in [0.15, 0.2) is 0 Å². The Balaban J connectivity index is 1.12. The fourth-order valence-electron chi connectivity index (χ4n) is 6.95. The lowest BCUT2D eigenvalue weighted by molar-refractivity contribution is 1.28. The summed E-state index contributed by atoms with van der Waals surface area (Å²) in [6, 6.07) is 74.9. The highest BCUT2D eigenvalue weighted by molar-refractivity contribution is 7.22. The van der Waals surface area contributed by atoms with E-state index in [0.717, 1.165) is 66.9 Å². The lowest BCUT2D eigenvalue weighted by Gasteiger charge is -2.25. The van der Waals surface area contributed by atoms with Gasteiger partial charge in [0, 0.05) is 50.8 Å². The molecule has 0 atom stereocenters. The zero-order chi connectivity index (χ0) is 35.4. The molecule has 0 N–H and O–H groups in total. The van der Waals surface area contributed by atoms with E-state index in [-0.39, 0.29) is 0 Å². The topological polar surface area (TPSA) is 19.4 Å². The van der Waals surface area contributed by atoms with Crippen molar-refractivity contribution in [1.29, 1.82) is 0 Å². The molecule has 0 radical (unpaired) electrons. The first-order valence-electron chi connectivity index (χ1n) is 17.8. The molecule has 9 rings (SSSR count). The van der Waals surface area contributed by atoms with E-state index in [0.29, 0.717) is 0 Å².